The van der Waals surface area contributed by atoms with E-state index in [-0.39, 0.29) is 17.5 Å². The fourth-order valence-corrected chi connectivity index (χ4v) is 3.67. The second kappa shape index (κ2) is 5.63. The average Bonchev–Trinajstić information content (AvgIpc) is 3.28. The van der Waals surface area contributed by atoms with E-state index in [1.54, 1.807) is 12.1 Å². The van der Waals surface area contributed by atoms with Gasteiger partial charge >= 0.3 is 0 Å². The first-order valence-corrected chi connectivity index (χ1v) is 8.12. The molecule has 4 rings (SSSR count). The number of hydrogen-bond donors (Lipinski definition) is 1. The molecular formula is C17H21FN2O2. The number of amides is 1. The Hall–Kier alpha value is -1.46. The van der Waals surface area contributed by atoms with Gasteiger partial charge in [0, 0.05) is 25.2 Å². The number of halogens is 1. The van der Waals surface area contributed by atoms with Crippen LogP contribution in [-0.2, 0) is 4.74 Å². The zero-order valence-corrected chi connectivity index (χ0v) is 12.5. The van der Waals surface area contributed by atoms with Crippen LogP contribution in [0, 0.1) is 11.7 Å². The van der Waals surface area contributed by atoms with Gasteiger partial charge in [0.05, 0.1) is 18.3 Å². The Balaban J connectivity index is 1.37. The van der Waals surface area contributed by atoms with E-state index in [4.69, 9.17) is 4.74 Å². The van der Waals surface area contributed by atoms with Gasteiger partial charge in [-0.15, -0.1) is 0 Å². The summed E-state index contributed by atoms with van der Waals surface area (Å²) in [7, 11) is 0. The van der Waals surface area contributed by atoms with Crippen LogP contribution >= 0.6 is 0 Å². The van der Waals surface area contributed by atoms with E-state index in [0.29, 0.717) is 12.1 Å². The van der Waals surface area contributed by atoms with Crippen LogP contribution in [0.3, 0.4) is 0 Å². The van der Waals surface area contributed by atoms with Crippen molar-refractivity contribution in [1.82, 2.24) is 10.2 Å². The number of carbonyl (C=O) groups excluding carboxylic acids is 1. The minimum absolute atomic E-state index is 0.0821. The third-order valence-electron chi connectivity index (χ3n) is 5.05. The molecule has 1 saturated carbocycles. The molecule has 3 atom stereocenters. The number of fused-ring (bicyclic) bond motifs is 1. The molecule has 4 nitrogen and oxygen atoms in total. The summed E-state index contributed by atoms with van der Waals surface area (Å²) in [6.45, 7) is 2.58. The zero-order chi connectivity index (χ0) is 15.1. The van der Waals surface area contributed by atoms with E-state index in [0.717, 1.165) is 32.0 Å². The Kier molecular flexibility index (Phi) is 3.62. The maximum absolute atomic E-state index is 13.7. The molecule has 0 bridgehead atoms. The maximum Gasteiger partial charge on any atom is 0.254 e. The number of morpholine rings is 1. The molecule has 1 aliphatic carbocycles. The van der Waals surface area contributed by atoms with Crippen molar-refractivity contribution < 1.29 is 13.9 Å². The van der Waals surface area contributed by atoms with Gasteiger partial charge in [0.1, 0.15) is 5.82 Å². The highest BCUT2D eigenvalue weighted by molar-refractivity contribution is 5.94. The van der Waals surface area contributed by atoms with E-state index < -0.39 is 5.82 Å². The van der Waals surface area contributed by atoms with Crippen molar-refractivity contribution in [2.24, 2.45) is 5.92 Å². The number of nitrogens with zero attached hydrogens (tertiary/aromatic N) is 1. The predicted octanol–water partition coefficient (Wildman–Crippen LogP) is 1.81. The molecule has 3 fully saturated rings. The number of ether oxygens (including phenoxy) is 1. The minimum atomic E-state index is -0.465. The molecule has 5 heteroatoms. The summed E-state index contributed by atoms with van der Waals surface area (Å²) in [6.07, 6.45) is 3.84. The molecule has 2 aliphatic heterocycles. The normalized spacial score (nSPS) is 31.8. The predicted molar refractivity (Wildman–Crippen MR) is 80.1 cm³/mol. The first-order chi connectivity index (χ1) is 10.7. The smallest absolute Gasteiger partial charge is 0.254 e. The van der Waals surface area contributed by atoms with E-state index in [1.165, 1.54) is 25.0 Å². The molecule has 0 radical (unpaired) electrons. The van der Waals surface area contributed by atoms with E-state index in [2.05, 4.69) is 10.2 Å². The van der Waals surface area contributed by atoms with Crippen LogP contribution in [0.5, 0.6) is 0 Å². The van der Waals surface area contributed by atoms with Crippen molar-refractivity contribution >= 4 is 5.91 Å². The second-order valence-electron chi connectivity index (χ2n) is 6.70. The molecule has 1 amide bonds. The highest BCUT2D eigenvalue weighted by Crippen LogP contribution is 2.37. The van der Waals surface area contributed by atoms with Gasteiger partial charge in [-0.1, -0.05) is 12.1 Å². The number of rotatable bonds is 3. The molecular weight excluding hydrogens is 283 g/mol. The lowest BCUT2D eigenvalue weighted by molar-refractivity contribution is -0.0581. The Morgan fingerprint density at radius 3 is 2.86 bits per heavy atom. The second-order valence-corrected chi connectivity index (χ2v) is 6.70. The molecule has 2 saturated heterocycles. The van der Waals surface area contributed by atoms with Crippen LogP contribution in [0.4, 0.5) is 4.39 Å². The van der Waals surface area contributed by atoms with Gasteiger partial charge in [0.25, 0.3) is 5.91 Å². The Morgan fingerprint density at radius 1 is 1.27 bits per heavy atom. The summed E-state index contributed by atoms with van der Waals surface area (Å²) < 4.78 is 19.6. The highest BCUT2D eigenvalue weighted by atomic mass is 19.1. The third kappa shape index (κ3) is 2.75. The fourth-order valence-electron chi connectivity index (χ4n) is 3.67. The molecule has 1 aromatic carbocycles. The third-order valence-corrected chi connectivity index (χ3v) is 5.05. The van der Waals surface area contributed by atoms with Crippen molar-refractivity contribution in [2.75, 3.05) is 19.7 Å². The fraction of sp³-hybridized carbons (Fsp3) is 0.588. The standard InChI is InChI=1S/C17H21FN2O2/c18-15-4-2-1-3-14(15)17(21)19-12-7-13-10-22-16(11-5-6-11)9-20(13)8-12/h1-4,11-13,16H,5-10H2,(H,19,21)/t12-,13+,16-/m1/s1. The first-order valence-electron chi connectivity index (χ1n) is 8.12. The summed E-state index contributed by atoms with van der Waals surface area (Å²) in [4.78, 5) is 14.6. The summed E-state index contributed by atoms with van der Waals surface area (Å²) in [5.41, 5.74) is 0.125. The van der Waals surface area contributed by atoms with Gasteiger partial charge in [-0.3, -0.25) is 9.69 Å². The van der Waals surface area contributed by atoms with Crippen LogP contribution in [0.1, 0.15) is 29.6 Å². The van der Waals surface area contributed by atoms with E-state index in [9.17, 15) is 9.18 Å². The van der Waals surface area contributed by atoms with Gasteiger partial charge in [0.15, 0.2) is 0 Å². The largest absolute Gasteiger partial charge is 0.375 e. The molecule has 2 heterocycles. The van der Waals surface area contributed by atoms with E-state index >= 15 is 0 Å². The molecule has 1 N–H and O–H groups in total. The summed E-state index contributed by atoms with van der Waals surface area (Å²) in [5.74, 6) is -0.0385. The van der Waals surface area contributed by atoms with Gasteiger partial charge < -0.3 is 10.1 Å². The topological polar surface area (TPSA) is 41.6 Å². The summed E-state index contributed by atoms with van der Waals surface area (Å²) in [5, 5.41) is 2.98. The molecule has 0 aromatic heterocycles. The molecule has 118 valence electrons. The molecule has 1 aromatic rings. The quantitative estimate of drug-likeness (QED) is 0.926. The van der Waals surface area contributed by atoms with Gasteiger partial charge in [-0.25, -0.2) is 4.39 Å². The Morgan fingerprint density at radius 2 is 2.09 bits per heavy atom. The van der Waals surface area contributed by atoms with Crippen molar-refractivity contribution in [3.63, 3.8) is 0 Å². The molecule has 22 heavy (non-hydrogen) atoms. The monoisotopic (exact) mass is 304 g/mol. The van der Waals surface area contributed by atoms with Crippen LogP contribution < -0.4 is 5.32 Å². The van der Waals surface area contributed by atoms with Crippen molar-refractivity contribution in [3.05, 3.63) is 35.6 Å². The lowest BCUT2D eigenvalue weighted by atomic mass is 10.1. The number of hydrogen-bond acceptors (Lipinski definition) is 3. The van der Waals surface area contributed by atoms with Crippen LogP contribution in [0.15, 0.2) is 24.3 Å². The van der Waals surface area contributed by atoms with Crippen molar-refractivity contribution in [2.45, 2.75) is 37.5 Å². The van der Waals surface area contributed by atoms with Gasteiger partial charge in [-0.05, 0) is 37.3 Å². The first kappa shape index (κ1) is 14.2. The van der Waals surface area contributed by atoms with Crippen molar-refractivity contribution in [1.29, 1.82) is 0 Å². The molecule has 0 spiro atoms. The lowest BCUT2D eigenvalue weighted by Gasteiger charge is -2.35. The summed E-state index contributed by atoms with van der Waals surface area (Å²) in [6, 6.07) is 6.60. The van der Waals surface area contributed by atoms with Crippen LogP contribution in [-0.4, -0.2) is 48.7 Å². The summed E-state index contributed by atoms with van der Waals surface area (Å²) >= 11 is 0. The average molecular weight is 304 g/mol. The number of benzene rings is 1. The highest BCUT2D eigenvalue weighted by Gasteiger charge is 2.42. The minimum Gasteiger partial charge on any atom is -0.375 e. The van der Waals surface area contributed by atoms with E-state index in [1.807, 2.05) is 0 Å². The zero-order valence-electron chi connectivity index (χ0n) is 12.5. The number of carbonyl (C=O) groups is 1. The van der Waals surface area contributed by atoms with Crippen LogP contribution in [0.2, 0.25) is 0 Å². The Labute approximate surface area is 129 Å². The lowest BCUT2D eigenvalue weighted by Crippen LogP contribution is -2.47. The molecule has 3 aliphatic rings. The van der Waals surface area contributed by atoms with Crippen LogP contribution in [0.25, 0.3) is 0 Å². The molecule has 0 unspecified atom stereocenters. The number of nitrogens with one attached hydrogen (secondary N) is 1. The van der Waals surface area contributed by atoms with Gasteiger partial charge in [0.2, 0.25) is 0 Å². The maximum atomic E-state index is 13.7. The Bertz CT molecular complexity index is 576. The SMILES string of the molecule is O=C(N[C@@H]1C[C@H]2CO[C@@H](C3CC3)CN2C1)c1ccccc1F. The van der Waals surface area contributed by atoms with Gasteiger partial charge in [-0.2, -0.15) is 0 Å². The van der Waals surface area contributed by atoms with Crippen molar-refractivity contribution in [3.8, 4) is 0 Å².